The maximum atomic E-state index is 6.87. The molecule has 0 amide bonds. The van der Waals surface area contributed by atoms with Gasteiger partial charge in [0.2, 0.25) is 0 Å². The molecule has 1 aliphatic rings. The highest BCUT2D eigenvalue weighted by molar-refractivity contribution is 5.49. The van der Waals surface area contributed by atoms with Crippen molar-refractivity contribution in [1.29, 1.82) is 5.41 Å². The second kappa shape index (κ2) is 5.41. The van der Waals surface area contributed by atoms with E-state index in [1.54, 1.807) is 6.08 Å². The van der Waals surface area contributed by atoms with Gasteiger partial charge in [0.25, 0.3) is 0 Å². The standard InChI is InChI=1S/C12H15N/c1-2-11-5-3-4-6-12(8-7-11)9-10-13/h2,9,11-13H,1,3,5,7-8H2. The SMILES string of the molecule is C=CC1CCC#CC(C=C=N)CC1. The van der Waals surface area contributed by atoms with Crippen LogP contribution >= 0.6 is 0 Å². The molecule has 0 aromatic rings. The average Bonchev–Trinajstić information content (AvgIpc) is 2.11. The summed E-state index contributed by atoms with van der Waals surface area (Å²) in [6, 6.07) is 0. The zero-order chi connectivity index (χ0) is 9.52. The first-order chi connectivity index (χ1) is 6.36. The second-order valence-electron chi connectivity index (χ2n) is 3.35. The second-order valence-corrected chi connectivity index (χ2v) is 3.35. The van der Waals surface area contributed by atoms with Crippen molar-refractivity contribution in [3.8, 4) is 11.8 Å². The molecule has 0 bridgehead atoms. The van der Waals surface area contributed by atoms with E-state index >= 15 is 0 Å². The Morgan fingerprint density at radius 1 is 1.38 bits per heavy atom. The van der Waals surface area contributed by atoms with E-state index in [0.29, 0.717) is 5.92 Å². The van der Waals surface area contributed by atoms with Gasteiger partial charge in [0.1, 0.15) is 0 Å². The molecule has 0 saturated heterocycles. The Morgan fingerprint density at radius 3 is 2.92 bits per heavy atom. The minimum atomic E-state index is 0.236. The largest absolute Gasteiger partial charge is 0.259 e. The van der Waals surface area contributed by atoms with Gasteiger partial charge < -0.3 is 0 Å². The summed E-state index contributed by atoms with van der Waals surface area (Å²) in [5.74, 6) is 9.44. The van der Waals surface area contributed by atoms with Crippen LogP contribution in [0.15, 0.2) is 18.7 Å². The average molecular weight is 173 g/mol. The fourth-order valence-electron chi connectivity index (χ4n) is 1.53. The highest BCUT2D eigenvalue weighted by atomic mass is 14.3. The molecule has 1 aliphatic carbocycles. The zero-order valence-corrected chi connectivity index (χ0v) is 7.84. The van der Waals surface area contributed by atoms with E-state index in [1.165, 1.54) is 0 Å². The van der Waals surface area contributed by atoms with Crippen molar-refractivity contribution in [1.82, 2.24) is 0 Å². The van der Waals surface area contributed by atoms with E-state index in [0.717, 1.165) is 25.7 Å². The predicted molar refractivity (Wildman–Crippen MR) is 55.7 cm³/mol. The molecule has 0 radical (unpaired) electrons. The molecule has 0 saturated carbocycles. The molecule has 0 aromatic carbocycles. The van der Waals surface area contributed by atoms with Crippen LogP contribution in [0.2, 0.25) is 0 Å². The summed E-state index contributed by atoms with van der Waals surface area (Å²) in [5.41, 5.74) is 0. The molecule has 1 N–H and O–H groups in total. The van der Waals surface area contributed by atoms with Crippen LogP contribution in [0, 0.1) is 29.1 Å². The molecule has 1 nitrogen and oxygen atoms in total. The van der Waals surface area contributed by atoms with Crippen LogP contribution in [-0.2, 0) is 0 Å². The summed E-state index contributed by atoms with van der Waals surface area (Å²) in [6.07, 6.45) is 8.05. The maximum absolute atomic E-state index is 6.87. The van der Waals surface area contributed by atoms with Crippen molar-refractivity contribution in [3.05, 3.63) is 18.7 Å². The maximum Gasteiger partial charge on any atom is 0.0472 e. The molecule has 0 fully saturated rings. The van der Waals surface area contributed by atoms with Gasteiger partial charge in [-0.1, -0.05) is 12.0 Å². The van der Waals surface area contributed by atoms with Crippen molar-refractivity contribution in [2.75, 3.05) is 0 Å². The van der Waals surface area contributed by atoms with Gasteiger partial charge >= 0.3 is 0 Å². The number of rotatable bonds is 2. The molecule has 1 rings (SSSR count). The summed E-state index contributed by atoms with van der Waals surface area (Å²) in [6.45, 7) is 3.82. The first-order valence-electron chi connectivity index (χ1n) is 4.73. The number of hydrogen-bond donors (Lipinski definition) is 1. The molecule has 1 heteroatoms. The monoisotopic (exact) mass is 173 g/mol. The molecule has 0 spiro atoms. The van der Waals surface area contributed by atoms with Crippen LogP contribution < -0.4 is 0 Å². The van der Waals surface area contributed by atoms with Gasteiger partial charge in [0.05, 0.1) is 0 Å². The number of hydrogen-bond acceptors (Lipinski definition) is 1. The topological polar surface area (TPSA) is 23.9 Å². The van der Waals surface area contributed by atoms with Gasteiger partial charge in [-0.05, 0) is 37.1 Å². The van der Waals surface area contributed by atoms with Crippen LogP contribution in [0.25, 0.3) is 0 Å². The summed E-state index contributed by atoms with van der Waals surface area (Å²) in [4.78, 5) is 0. The van der Waals surface area contributed by atoms with Crippen molar-refractivity contribution in [2.45, 2.75) is 25.7 Å². The summed E-state index contributed by atoms with van der Waals surface area (Å²) in [5, 5.41) is 6.87. The lowest BCUT2D eigenvalue weighted by atomic mass is 9.90. The molecule has 0 heterocycles. The molecule has 2 unspecified atom stereocenters. The van der Waals surface area contributed by atoms with Crippen molar-refractivity contribution >= 4 is 5.87 Å². The van der Waals surface area contributed by atoms with Gasteiger partial charge in [-0.3, -0.25) is 5.41 Å². The van der Waals surface area contributed by atoms with Crippen LogP contribution in [0.3, 0.4) is 0 Å². The molecule has 13 heavy (non-hydrogen) atoms. The summed E-state index contributed by atoms with van der Waals surface area (Å²) in [7, 11) is 0. The lowest BCUT2D eigenvalue weighted by Crippen LogP contribution is -2.03. The van der Waals surface area contributed by atoms with Gasteiger partial charge in [0.15, 0.2) is 0 Å². The molecular formula is C12H15N. The van der Waals surface area contributed by atoms with Crippen LogP contribution in [0.4, 0.5) is 0 Å². The third-order valence-corrected chi connectivity index (χ3v) is 2.39. The van der Waals surface area contributed by atoms with E-state index in [-0.39, 0.29) is 5.92 Å². The van der Waals surface area contributed by atoms with Crippen LogP contribution in [0.1, 0.15) is 25.7 Å². The summed E-state index contributed by atoms with van der Waals surface area (Å²) >= 11 is 0. The van der Waals surface area contributed by atoms with Gasteiger partial charge in [-0.15, -0.1) is 12.5 Å². The fourth-order valence-corrected chi connectivity index (χ4v) is 1.53. The zero-order valence-electron chi connectivity index (χ0n) is 7.84. The Bertz CT molecular complexity index is 273. The molecule has 2 atom stereocenters. The third-order valence-electron chi connectivity index (χ3n) is 2.39. The van der Waals surface area contributed by atoms with Crippen LogP contribution in [0.5, 0.6) is 0 Å². The number of allylic oxidation sites excluding steroid dienone is 2. The van der Waals surface area contributed by atoms with Crippen LogP contribution in [-0.4, -0.2) is 5.87 Å². The quantitative estimate of drug-likeness (QED) is 0.377. The Hall–Kier alpha value is -1.25. The van der Waals surface area contributed by atoms with Gasteiger partial charge in [-0.25, -0.2) is 0 Å². The Morgan fingerprint density at radius 2 is 2.23 bits per heavy atom. The van der Waals surface area contributed by atoms with E-state index < -0.39 is 0 Å². The molecule has 0 aromatic heterocycles. The smallest absolute Gasteiger partial charge is 0.0472 e. The van der Waals surface area contributed by atoms with E-state index in [4.69, 9.17) is 5.41 Å². The first-order valence-corrected chi connectivity index (χ1v) is 4.73. The van der Waals surface area contributed by atoms with Crippen molar-refractivity contribution in [2.24, 2.45) is 11.8 Å². The molecule has 68 valence electrons. The lowest BCUT2D eigenvalue weighted by Gasteiger charge is -2.14. The Balaban J connectivity index is 2.60. The summed E-state index contributed by atoms with van der Waals surface area (Å²) < 4.78 is 0. The number of nitrogens with one attached hydrogen (secondary N) is 1. The van der Waals surface area contributed by atoms with Crippen molar-refractivity contribution in [3.63, 3.8) is 0 Å². The van der Waals surface area contributed by atoms with E-state index in [1.807, 2.05) is 6.08 Å². The minimum absolute atomic E-state index is 0.236. The van der Waals surface area contributed by atoms with Crippen molar-refractivity contribution < 1.29 is 0 Å². The van der Waals surface area contributed by atoms with Gasteiger partial charge in [0, 0.05) is 12.3 Å². The minimum Gasteiger partial charge on any atom is -0.259 e. The van der Waals surface area contributed by atoms with Gasteiger partial charge in [-0.2, -0.15) is 0 Å². The molecular weight excluding hydrogens is 158 g/mol. The Labute approximate surface area is 80.1 Å². The van der Waals surface area contributed by atoms with E-state index in [9.17, 15) is 0 Å². The lowest BCUT2D eigenvalue weighted by molar-refractivity contribution is 0.503. The Kier molecular flexibility index (Phi) is 4.09. The highest BCUT2D eigenvalue weighted by Crippen LogP contribution is 2.20. The predicted octanol–water partition coefficient (Wildman–Crippen LogP) is 2.79. The van der Waals surface area contributed by atoms with E-state index in [2.05, 4.69) is 24.3 Å². The highest BCUT2D eigenvalue weighted by Gasteiger charge is 2.09. The third kappa shape index (κ3) is 3.32. The normalized spacial score (nSPS) is 27.1. The molecule has 0 aliphatic heterocycles. The first kappa shape index (κ1) is 9.84. The fraction of sp³-hybridized carbons (Fsp3) is 0.500.